The summed E-state index contributed by atoms with van der Waals surface area (Å²) < 4.78 is 18.9. The molecule has 0 atom stereocenters. The van der Waals surface area contributed by atoms with Gasteiger partial charge in [0.2, 0.25) is 0 Å². The van der Waals surface area contributed by atoms with Gasteiger partial charge in [0.05, 0.1) is 5.02 Å². The van der Waals surface area contributed by atoms with Crippen molar-refractivity contribution in [2.75, 3.05) is 26.8 Å². The summed E-state index contributed by atoms with van der Waals surface area (Å²) in [5.74, 6) is -0.333. The molecule has 1 aromatic carbocycles. The molecule has 0 unspecified atom stereocenters. The van der Waals surface area contributed by atoms with Gasteiger partial charge in [0.1, 0.15) is 5.82 Å². The monoisotopic (exact) mass is 271 g/mol. The first kappa shape index (κ1) is 13.8. The van der Waals surface area contributed by atoms with Crippen LogP contribution in [0.15, 0.2) is 18.2 Å². The third-order valence-electron chi connectivity index (χ3n) is 3.67. The highest BCUT2D eigenvalue weighted by Crippen LogP contribution is 2.34. The fraction of sp³-hybridized carbons (Fsp3) is 0.571. The lowest BCUT2D eigenvalue weighted by Crippen LogP contribution is -2.39. The first-order valence-electron chi connectivity index (χ1n) is 6.31. The third-order valence-corrected chi connectivity index (χ3v) is 3.97. The van der Waals surface area contributed by atoms with Crippen LogP contribution in [-0.2, 0) is 11.2 Å². The molecule has 4 heteroatoms. The molecular weight excluding hydrogens is 253 g/mol. The van der Waals surface area contributed by atoms with E-state index in [0.717, 1.165) is 44.6 Å². The van der Waals surface area contributed by atoms with Crippen molar-refractivity contribution < 1.29 is 9.13 Å². The molecule has 0 spiro atoms. The van der Waals surface area contributed by atoms with Gasteiger partial charge in [-0.15, -0.1) is 0 Å². The number of ether oxygens (including phenoxy) is 1. The van der Waals surface area contributed by atoms with Crippen molar-refractivity contribution in [1.29, 1.82) is 0 Å². The topological polar surface area (TPSA) is 21.3 Å². The van der Waals surface area contributed by atoms with Gasteiger partial charge in [0, 0.05) is 19.8 Å². The Morgan fingerprint density at radius 1 is 1.39 bits per heavy atom. The molecule has 1 fully saturated rings. The number of nitrogens with one attached hydrogen (secondary N) is 1. The quantitative estimate of drug-likeness (QED) is 0.909. The first-order valence-corrected chi connectivity index (χ1v) is 6.69. The molecule has 0 aliphatic carbocycles. The SMILES string of the molecule is CNCC1(Cc2ccc(Cl)c(F)c2)CCOCC1. The van der Waals surface area contributed by atoms with E-state index in [-0.39, 0.29) is 16.3 Å². The van der Waals surface area contributed by atoms with E-state index in [4.69, 9.17) is 16.3 Å². The lowest BCUT2D eigenvalue weighted by molar-refractivity contribution is 0.0158. The van der Waals surface area contributed by atoms with Crippen LogP contribution in [-0.4, -0.2) is 26.8 Å². The predicted molar refractivity (Wildman–Crippen MR) is 71.5 cm³/mol. The third kappa shape index (κ3) is 3.22. The van der Waals surface area contributed by atoms with Gasteiger partial charge in [-0.05, 0) is 49.4 Å². The molecule has 100 valence electrons. The summed E-state index contributed by atoms with van der Waals surface area (Å²) in [6, 6.07) is 5.10. The molecule has 1 N–H and O–H groups in total. The molecule has 1 aromatic rings. The Morgan fingerprint density at radius 2 is 2.11 bits per heavy atom. The van der Waals surface area contributed by atoms with Gasteiger partial charge in [-0.1, -0.05) is 17.7 Å². The van der Waals surface area contributed by atoms with Crippen molar-refractivity contribution in [1.82, 2.24) is 5.32 Å². The van der Waals surface area contributed by atoms with Gasteiger partial charge >= 0.3 is 0 Å². The minimum Gasteiger partial charge on any atom is -0.381 e. The van der Waals surface area contributed by atoms with Crippen molar-refractivity contribution in [3.05, 3.63) is 34.6 Å². The summed E-state index contributed by atoms with van der Waals surface area (Å²) in [6.07, 6.45) is 2.89. The second-order valence-electron chi connectivity index (χ2n) is 5.07. The molecular formula is C14H19ClFNO. The first-order chi connectivity index (χ1) is 8.65. The summed E-state index contributed by atoms with van der Waals surface area (Å²) in [5, 5.41) is 3.44. The minimum absolute atomic E-state index is 0.174. The maximum Gasteiger partial charge on any atom is 0.142 e. The zero-order chi connectivity index (χ0) is 13.0. The van der Waals surface area contributed by atoms with Gasteiger partial charge in [-0.2, -0.15) is 0 Å². The summed E-state index contributed by atoms with van der Waals surface area (Å²) >= 11 is 5.71. The lowest BCUT2D eigenvalue weighted by Gasteiger charge is -2.37. The molecule has 1 saturated heterocycles. The van der Waals surface area contributed by atoms with E-state index in [2.05, 4.69) is 5.32 Å². The Bertz CT molecular complexity index is 399. The zero-order valence-corrected chi connectivity index (χ0v) is 11.4. The van der Waals surface area contributed by atoms with E-state index < -0.39 is 0 Å². The second-order valence-corrected chi connectivity index (χ2v) is 5.48. The fourth-order valence-electron chi connectivity index (χ4n) is 2.68. The average molecular weight is 272 g/mol. The van der Waals surface area contributed by atoms with Gasteiger partial charge in [0.25, 0.3) is 0 Å². The summed E-state index contributed by atoms with van der Waals surface area (Å²) in [6.45, 7) is 2.51. The smallest absolute Gasteiger partial charge is 0.142 e. The van der Waals surface area contributed by atoms with Crippen LogP contribution in [0, 0.1) is 11.2 Å². The Kier molecular flexibility index (Phi) is 4.60. The molecule has 0 saturated carbocycles. The van der Waals surface area contributed by atoms with Gasteiger partial charge in [-0.3, -0.25) is 0 Å². The van der Waals surface area contributed by atoms with Crippen molar-refractivity contribution in [2.45, 2.75) is 19.3 Å². The van der Waals surface area contributed by atoms with Crippen molar-refractivity contribution in [2.24, 2.45) is 5.41 Å². The second kappa shape index (κ2) is 6.00. The fourth-order valence-corrected chi connectivity index (χ4v) is 2.80. The van der Waals surface area contributed by atoms with Crippen LogP contribution < -0.4 is 5.32 Å². The molecule has 0 bridgehead atoms. The molecule has 0 aromatic heterocycles. The predicted octanol–water partition coefficient (Wildman–Crippen LogP) is 3.04. The van der Waals surface area contributed by atoms with Crippen LogP contribution in [0.2, 0.25) is 5.02 Å². The Balaban J connectivity index is 2.14. The van der Waals surface area contributed by atoms with E-state index >= 15 is 0 Å². The van der Waals surface area contributed by atoms with Crippen LogP contribution in [0.4, 0.5) is 4.39 Å². The lowest BCUT2D eigenvalue weighted by atomic mass is 9.75. The van der Waals surface area contributed by atoms with Crippen LogP contribution in [0.3, 0.4) is 0 Å². The Morgan fingerprint density at radius 3 is 2.72 bits per heavy atom. The number of rotatable bonds is 4. The summed E-state index contributed by atoms with van der Waals surface area (Å²) in [5.41, 5.74) is 1.18. The molecule has 2 rings (SSSR count). The molecule has 1 aliphatic heterocycles. The maximum absolute atomic E-state index is 13.5. The number of halogens is 2. The molecule has 0 amide bonds. The van der Waals surface area contributed by atoms with Gasteiger partial charge in [-0.25, -0.2) is 4.39 Å². The average Bonchev–Trinajstić information content (AvgIpc) is 2.35. The van der Waals surface area contributed by atoms with Crippen LogP contribution >= 0.6 is 11.6 Å². The number of benzene rings is 1. The van der Waals surface area contributed by atoms with E-state index in [9.17, 15) is 4.39 Å². The summed E-state index contributed by atoms with van der Waals surface area (Å²) in [7, 11) is 1.96. The molecule has 18 heavy (non-hydrogen) atoms. The number of hydrogen-bond donors (Lipinski definition) is 1. The largest absolute Gasteiger partial charge is 0.381 e. The van der Waals surface area contributed by atoms with E-state index in [1.54, 1.807) is 12.1 Å². The maximum atomic E-state index is 13.5. The highest BCUT2D eigenvalue weighted by molar-refractivity contribution is 6.30. The zero-order valence-electron chi connectivity index (χ0n) is 10.6. The molecule has 0 radical (unpaired) electrons. The highest BCUT2D eigenvalue weighted by Gasteiger charge is 2.32. The molecule has 1 aliphatic rings. The standard InChI is InChI=1S/C14H19ClFNO/c1-17-10-14(4-6-18-7-5-14)9-11-2-3-12(15)13(16)8-11/h2-3,8,17H,4-7,9-10H2,1H3. The van der Waals surface area contributed by atoms with Crippen LogP contribution in [0.5, 0.6) is 0 Å². The van der Waals surface area contributed by atoms with Gasteiger partial charge in [0.15, 0.2) is 0 Å². The Labute approximate surface area is 112 Å². The van der Waals surface area contributed by atoms with Crippen molar-refractivity contribution >= 4 is 11.6 Å². The summed E-state index contributed by atoms with van der Waals surface area (Å²) in [4.78, 5) is 0. The van der Waals surface area contributed by atoms with E-state index in [1.807, 2.05) is 13.1 Å². The van der Waals surface area contributed by atoms with Crippen LogP contribution in [0.25, 0.3) is 0 Å². The van der Waals surface area contributed by atoms with Crippen molar-refractivity contribution in [3.8, 4) is 0 Å². The van der Waals surface area contributed by atoms with Crippen LogP contribution in [0.1, 0.15) is 18.4 Å². The Hall–Kier alpha value is -0.640. The van der Waals surface area contributed by atoms with E-state index in [1.165, 1.54) is 0 Å². The molecule has 1 heterocycles. The van der Waals surface area contributed by atoms with Crippen molar-refractivity contribution in [3.63, 3.8) is 0 Å². The van der Waals surface area contributed by atoms with E-state index in [0.29, 0.717) is 0 Å². The molecule has 2 nitrogen and oxygen atoms in total. The minimum atomic E-state index is -0.333. The number of hydrogen-bond acceptors (Lipinski definition) is 2. The normalized spacial score (nSPS) is 18.8. The highest BCUT2D eigenvalue weighted by atomic mass is 35.5. The van der Waals surface area contributed by atoms with Gasteiger partial charge < -0.3 is 10.1 Å².